The molecule has 0 amide bonds. The molecular weight excluding hydrogens is 427 g/mol. The van der Waals surface area contributed by atoms with E-state index in [4.69, 9.17) is 9.47 Å². The van der Waals surface area contributed by atoms with Crippen molar-refractivity contribution < 1.29 is 18.7 Å². The zero-order chi connectivity index (χ0) is 23.4. The molecule has 5 nitrogen and oxygen atoms in total. The fourth-order valence-corrected chi connectivity index (χ4v) is 4.85. The van der Waals surface area contributed by atoms with Crippen molar-refractivity contribution in [1.29, 1.82) is 0 Å². The number of fused-ring (bicyclic) bond motifs is 1. The van der Waals surface area contributed by atoms with Crippen LogP contribution in [0.2, 0.25) is 0 Å². The monoisotopic (exact) mass is 460 g/mol. The number of carbonyl (C=O) groups excluding carboxylic acids is 1. The van der Waals surface area contributed by atoms with E-state index in [2.05, 4.69) is 23.2 Å². The number of ether oxygens (including phenoxy) is 2. The van der Waals surface area contributed by atoms with Crippen LogP contribution >= 0.6 is 11.8 Å². The molecule has 2 atom stereocenters. The number of hydrogen-bond acceptors (Lipinski definition) is 6. The second kappa shape index (κ2) is 10.2. The number of thioether (sulfide) groups is 1. The molecule has 0 spiro atoms. The highest BCUT2D eigenvalue weighted by atomic mass is 32.2. The summed E-state index contributed by atoms with van der Waals surface area (Å²) in [4.78, 5) is 15.3. The van der Waals surface area contributed by atoms with Crippen molar-refractivity contribution in [1.82, 2.24) is 4.90 Å². The molecule has 0 radical (unpaired) electrons. The molecule has 0 saturated carbocycles. The number of nitrogens with zero attached hydrogens (tertiary/aromatic N) is 1. The first-order valence-electron chi connectivity index (χ1n) is 11.0. The number of halogens is 1. The van der Waals surface area contributed by atoms with E-state index in [1.807, 2.05) is 45.9 Å². The molecule has 1 aliphatic heterocycles. The Labute approximate surface area is 194 Å². The van der Waals surface area contributed by atoms with Gasteiger partial charge in [0.15, 0.2) is 5.06 Å². The Kier molecular flexibility index (Phi) is 7.85. The van der Waals surface area contributed by atoms with Crippen molar-refractivity contribution in [3.05, 3.63) is 59.9 Å². The van der Waals surface area contributed by atoms with E-state index < -0.39 is 10.5 Å². The number of benzene rings is 2. The second-order valence-electron chi connectivity index (χ2n) is 9.01. The minimum absolute atomic E-state index is 0.210. The van der Waals surface area contributed by atoms with Gasteiger partial charge in [-0.05, 0) is 64.1 Å². The topological polar surface area (TPSA) is 50.8 Å². The summed E-state index contributed by atoms with van der Waals surface area (Å²) in [6.45, 7) is 11.2. The summed E-state index contributed by atoms with van der Waals surface area (Å²) in [7, 11) is 0. The minimum atomic E-state index is -0.726. The Hall–Kier alpha value is -2.09. The van der Waals surface area contributed by atoms with Crippen LogP contribution in [0.1, 0.15) is 40.2 Å². The van der Waals surface area contributed by atoms with Crippen LogP contribution < -0.4 is 5.32 Å². The summed E-state index contributed by atoms with van der Waals surface area (Å²) in [6, 6.07) is 14.6. The number of anilines is 1. The van der Waals surface area contributed by atoms with E-state index in [-0.39, 0.29) is 18.0 Å². The van der Waals surface area contributed by atoms with Gasteiger partial charge in [0.25, 0.3) is 0 Å². The SMILES string of the molecule is CCN(CCOC(=O)C(C)(C)C)C(C)OC1(Cc2ccc(F)cc2)Nc2ccccc2S1. The third-order valence-corrected chi connectivity index (χ3v) is 6.59. The van der Waals surface area contributed by atoms with Crippen molar-refractivity contribution in [2.75, 3.05) is 25.0 Å². The molecule has 1 N–H and O–H groups in total. The van der Waals surface area contributed by atoms with Gasteiger partial charge in [0.05, 0.1) is 11.1 Å². The molecule has 32 heavy (non-hydrogen) atoms. The molecule has 2 unspecified atom stereocenters. The zero-order valence-electron chi connectivity index (χ0n) is 19.5. The van der Waals surface area contributed by atoms with E-state index in [1.165, 1.54) is 12.1 Å². The third-order valence-electron chi connectivity index (χ3n) is 5.34. The van der Waals surface area contributed by atoms with E-state index in [0.717, 1.165) is 22.7 Å². The van der Waals surface area contributed by atoms with Gasteiger partial charge in [-0.25, -0.2) is 4.39 Å². The highest BCUT2D eigenvalue weighted by Gasteiger charge is 2.41. The minimum Gasteiger partial charge on any atom is -0.464 e. The number of hydrogen-bond donors (Lipinski definition) is 1. The van der Waals surface area contributed by atoms with Crippen molar-refractivity contribution in [2.24, 2.45) is 5.41 Å². The lowest BCUT2D eigenvalue weighted by Gasteiger charge is -2.37. The lowest BCUT2D eigenvalue weighted by Crippen LogP contribution is -2.47. The van der Waals surface area contributed by atoms with Gasteiger partial charge in [0.1, 0.15) is 18.7 Å². The van der Waals surface area contributed by atoms with Crippen molar-refractivity contribution in [3.63, 3.8) is 0 Å². The number of likely N-dealkylation sites (N-methyl/N-ethyl adjacent to an activating group) is 1. The van der Waals surface area contributed by atoms with E-state index >= 15 is 0 Å². The summed E-state index contributed by atoms with van der Waals surface area (Å²) in [5.74, 6) is -0.465. The van der Waals surface area contributed by atoms with E-state index in [9.17, 15) is 9.18 Å². The van der Waals surface area contributed by atoms with Gasteiger partial charge in [-0.2, -0.15) is 0 Å². The van der Waals surface area contributed by atoms with Crippen LogP contribution in [-0.4, -0.2) is 41.9 Å². The number of rotatable bonds is 9. The van der Waals surface area contributed by atoms with Crippen LogP contribution in [0.4, 0.5) is 10.1 Å². The maximum Gasteiger partial charge on any atom is 0.311 e. The van der Waals surface area contributed by atoms with E-state index in [0.29, 0.717) is 19.6 Å². The molecule has 1 heterocycles. The van der Waals surface area contributed by atoms with Crippen molar-refractivity contribution >= 4 is 23.4 Å². The van der Waals surface area contributed by atoms with Crippen LogP contribution in [0.15, 0.2) is 53.4 Å². The average Bonchev–Trinajstić information content (AvgIpc) is 3.09. The lowest BCUT2D eigenvalue weighted by molar-refractivity contribution is -0.155. The van der Waals surface area contributed by atoms with Gasteiger partial charge in [0.2, 0.25) is 0 Å². The zero-order valence-corrected chi connectivity index (χ0v) is 20.3. The van der Waals surface area contributed by atoms with Gasteiger partial charge >= 0.3 is 5.97 Å². The summed E-state index contributed by atoms with van der Waals surface area (Å²) >= 11 is 1.63. The first kappa shape index (κ1) is 24.6. The number of nitrogens with one attached hydrogen (secondary N) is 1. The van der Waals surface area contributed by atoms with Crippen molar-refractivity contribution in [3.8, 4) is 0 Å². The predicted octanol–water partition coefficient (Wildman–Crippen LogP) is 5.51. The molecule has 174 valence electrons. The maximum atomic E-state index is 13.4. The quantitative estimate of drug-likeness (QED) is 0.393. The fourth-order valence-electron chi connectivity index (χ4n) is 3.53. The summed E-state index contributed by atoms with van der Waals surface area (Å²) in [6.07, 6.45) is 0.330. The molecular formula is C25H33FN2O3S. The first-order valence-corrected chi connectivity index (χ1v) is 11.8. The van der Waals surface area contributed by atoms with E-state index in [1.54, 1.807) is 23.9 Å². The Balaban J connectivity index is 1.71. The number of esters is 1. The van der Waals surface area contributed by atoms with Gasteiger partial charge in [-0.1, -0.05) is 43.0 Å². The molecule has 3 rings (SSSR count). The Morgan fingerprint density at radius 1 is 1.19 bits per heavy atom. The fraction of sp³-hybridized carbons (Fsp3) is 0.480. The van der Waals surface area contributed by atoms with Gasteiger partial charge in [0, 0.05) is 17.9 Å². The smallest absolute Gasteiger partial charge is 0.311 e. The van der Waals surface area contributed by atoms with Crippen LogP contribution in [0.3, 0.4) is 0 Å². The molecule has 0 bridgehead atoms. The van der Waals surface area contributed by atoms with Gasteiger partial charge < -0.3 is 14.8 Å². The second-order valence-corrected chi connectivity index (χ2v) is 10.3. The Morgan fingerprint density at radius 2 is 1.88 bits per heavy atom. The number of carbonyl (C=O) groups is 1. The van der Waals surface area contributed by atoms with Crippen LogP contribution in [0.5, 0.6) is 0 Å². The molecule has 2 aromatic carbocycles. The van der Waals surface area contributed by atoms with Crippen LogP contribution in [0, 0.1) is 11.2 Å². The first-order chi connectivity index (χ1) is 15.1. The molecule has 7 heteroatoms. The summed E-state index contributed by atoms with van der Waals surface area (Å²) in [5.41, 5.74) is 1.48. The predicted molar refractivity (Wildman–Crippen MR) is 127 cm³/mol. The maximum absolute atomic E-state index is 13.4. The highest BCUT2D eigenvalue weighted by Crippen LogP contribution is 2.48. The molecule has 1 aliphatic rings. The molecule has 0 saturated heterocycles. The third kappa shape index (κ3) is 6.24. The largest absolute Gasteiger partial charge is 0.464 e. The highest BCUT2D eigenvalue weighted by molar-refractivity contribution is 8.01. The summed E-state index contributed by atoms with van der Waals surface area (Å²) < 4.78 is 25.5. The van der Waals surface area contributed by atoms with Crippen LogP contribution in [0.25, 0.3) is 0 Å². The molecule has 0 aliphatic carbocycles. The van der Waals surface area contributed by atoms with Crippen LogP contribution in [-0.2, 0) is 20.7 Å². The van der Waals surface area contributed by atoms with Gasteiger partial charge in [-0.15, -0.1) is 0 Å². The molecule has 0 fully saturated rings. The normalized spacial score (nSPS) is 18.8. The molecule has 0 aromatic heterocycles. The Morgan fingerprint density at radius 3 is 2.50 bits per heavy atom. The van der Waals surface area contributed by atoms with Crippen molar-refractivity contribution in [2.45, 2.75) is 57.2 Å². The summed E-state index contributed by atoms with van der Waals surface area (Å²) in [5, 5.41) is 2.82. The standard InChI is InChI=1S/C25H33FN2O3S/c1-6-28(15-16-30-23(29)24(3,4)5)18(2)31-25(17-19-11-13-20(26)14-12-19)27-21-9-7-8-10-22(21)32-25/h7-14,18,27H,6,15-17H2,1-5H3. The Bertz CT molecular complexity index is 889. The lowest BCUT2D eigenvalue weighted by atomic mass is 9.97. The average molecular weight is 461 g/mol. The number of para-hydroxylation sites is 1. The van der Waals surface area contributed by atoms with Gasteiger partial charge in [-0.3, -0.25) is 9.69 Å². The molecule has 2 aromatic rings.